The van der Waals surface area contributed by atoms with Crippen LogP contribution in [0.1, 0.15) is 44.7 Å². The summed E-state index contributed by atoms with van der Waals surface area (Å²) in [6.45, 7) is 6.32. The van der Waals surface area contributed by atoms with Crippen LogP contribution in [0, 0.1) is 11.8 Å². The van der Waals surface area contributed by atoms with Gasteiger partial charge in [0, 0.05) is 44.4 Å². The van der Waals surface area contributed by atoms with Crippen molar-refractivity contribution in [3.63, 3.8) is 0 Å². The molecule has 0 amide bonds. The molecule has 4 unspecified atom stereocenters. The molecule has 0 aliphatic carbocycles. The molecule has 3 aliphatic rings. The molecule has 1 aromatic heterocycles. The number of aromatic nitrogens is 1. The maximum atomic E-state index is 15.1. The third-order valence-corrected chi connectivity index (χ3v) is 6.48. The van der Waals surface area contributed by atoms with Gasteiger partial charge < -0.3 is 16.5 Å². The van der Waals surface area contributed by atoms with Crippen LogP contribution in [0.15, 0.2) is 42.0 Å². The zero-order valence-electron chi connectivity index (χ0n) is 17.6. The number of fused-ring (bicyclic) bond motifs is 1. The quantitative estimate of drug-likeness (QED) is 0.675. The minimum absolute atomic E-state index is 0.0328. The van der Waals surface area contributed by atoms with Gasteiger partial charge in [-0.15, -0.1) is 0 Å². The molecule has 0 aromatic carbocycles. The summed E-state index contributed by atoms with van der Waals surface area (Å²) in [6, 6.07) is 3.89. The predicted octanol–water partition coefficient (Wildman–Crippen LogP) is 3.15. The number of pyridine rings is 1. The number of nitrogens with one attached hydrogen (secondary N) is 2. The summed E-state index contributed by atoms with van der Waals surface area (Å²) in [6.07, 6.45) is 8.36. The first kappa shape index (κ1) is 20.3. The molecule has 0 spiro atoms. The lowest BCUT2D eigenvalue weighted by Gasteiger charge is -2.41. The SMILES string of the molecule is CC(C)C(N)C1CCCN(C2C=CCC(F)=C(C3c4cccnc4NN3C)N2)C1. The first-order chi connectivity index (χ1) is 14.0. The number of likely N-dealkylation sites (N-methyl/N-ethyl adjacent to an activating group) is 1. The van der Waals surface area contributed by atoms with Crippen molar-refractivity contribution in [1.29, 1.82) is 0 Å². The zero-order valence-corrected chi connectivity index (χ0v) is 17.6. The Morgan fingerprint density at radius 2 is 2.17 bits per heavy atom. The molecule has 158 valence electrons. The van der Waals surface area contributed by atoms with Crippen LogP contribution in [0.5, 0.6) is 0 Å². The summed E-state index contributed by atoms with van der Waals surface area (Å²) in [7, 11) is 1.93. The maximum Gasteiger partial charge on any atom is 0.145 e. The molecule has 1 fully saturated rings. The van der Waals surface area contributed by atoms with Gasteiger partial charge in [0.25, 0.3) is 0 Å². The highest BCUT2D eigenvalue weighted by Crippen LogP contribution is 2.39. The van der Waals surface area contributed by atoms with Crippen LogP contribution < -0.4 is 16.5 Å². The number of hydrogen-bond acceptors (Lipinski definition) is 6. The Kier molecular flexibility index (Phi) is 5.90. The smallest absolute Gasteiger partial charge is 0.145 e. The largest absolute Gasteiger partial charge is 0.366 e. The van der Waals surface area contributed by atoms with Gasteiger partial charge in [0.2, 0.25) is 0 Å². The van der Waals surface area contributed by atoms with Gasteiger partial charge in [0.15, 0.2) is 0 Å². The van der Waals surface area contributed by atoms with E-state index >= 15 is 4.39 Å². The summed E-state index contributed by atoms with van der Waals surface area (Å²) in [4.78, 5) is 6.81. The van der Waals surface area contributed by atoms with E-state index in [2.05, 4.69) is 40.5 Å². The van der Waals surface area contributed by atoms with Crippen LogP contribution in [0.3, 0.4) is 0 Å². The number of hydrogen-bond donors (Lipinski definition) is 3. The summed E-state index contributed by atoms with van der Waals surface area (Å²) in [5.41, 5.74) is 11.3. The second-order valence-electron chi connectivity index (χ2n) is 8.83. The lowest BCUT2D eigenvalue weighted by atomic mass is 9.85. The molecule has 7 heteroatoms. The van der Waals surface area contributed by atoms with Crippen molar-refractivity contribution in [1.82, 2.24) is 20.2 Å². The highest BCUT2D eigenvalue weighted by molar-refractivity contribution is 5.53. The standard InChI is InChI=1S/C22H33FN6/c1-14(2)19(24)15-7-6-12-29(13-15)18-10-4-9-17(23)20(26-18)21-16-8-5-11-25-22(16)27-28(21)3/h4-5,8,10-11,14-15,18-19,21,26H,6-7,9,12-13,24H2,1-3H3,(H,25,27). The molecular formula is C22H33FN6. The Bertz CT molecular complexity index is 791. The first-order valence-electron chi connectivity index (χ1n) is 10.7. The molecule has 3 aliphatic heterocycles. The highest BCUT2D eigenvalue weighted by Gasteiger charge is 2.36. The summed E-state index contributed by atoms with van der Waals surface area (Å²) >= 11 is 0. The fraction of sp³-hybridized carbons (Fsp3) is 0.591. The van der Waals surface area contributed by atoms with Gasteiger partial charge in [-0.3, -0.25) is 4.90 Å². The second-order valence-corrected chi connectivity index (χ2v) is 8.83. The Labute approximate surface area is 173 Å². The zero-order chi connectivity index (χ0) is 20.5. The van der Waals surface area contributed by atoms with E-state index in [0.29, 0.717) is 24.0 Å². The first-order valence-corrected chi connectivity index (χ1v) is 10.7. The van der Waals surface area contributed by atoms with Gasteiger partial charge in [-0.25, -0.2) is 14.4 Å². The summed E-state index contributed by atoms with van der Waals surface area (Å²) < 4.78 is 15.1. The van der Waals surface area contributed by atoms with Crippen molar-refractivity contribution in [2.24, 2.45) is 17.6 Å². The molecular weight excluding hydrogens is 367 g/mol. The number of allylic oxidation sites excluding steroid dienone is 2. The van der Waals surface area contributed by atoms with E-state index in [-0.39, 0.29) is 24.1 Å². The minimum atomic E-state index is -0.223. The van der Waals surface area contributed by atoms with Crippen LogP contribution >= 0.6 is 0 Å². The summed E-state index contributed by atoms with van der Waals surface area (Å²) in [5, 5.41) is 5.46. The monoisotopic (exact) mass is 400 g/mol. The third kappa shape index (κ3) is 4.04. The Hall–Kier alpha value is -1.96. The molecule has 1 saturated heterocycles. The van der Waals surface area contributed by atoms with Crippen molar-refractivity contribution in [3.8, 4) is 0 Å². The van der Waals surface area contributed by atoms with Crippen LogP contribution in [-0.2, 0) is 0 Å². The van der Waals surface area contributed by atoms with Gasteiger partial charge in [-0.1, -0.05) is 32.1 Å². The molecule has 0 saturated carbocycles. The van der Waals surface area contributed by atoms with E-state index < -0.39 is 0 Å². The number of hydrazine groups is 1. The predicted molar refractivity (Wildman–Crippen MR) is 114 cm³/mol. The van der Waals surface area contributed by atoms with Crippen LogP contribution in [0.4, 0.5) is 10.2 Å². The van der Waals surface area contributed by atoms with Crippen LogP contribution in [0.25, 0.3) is 0 Å². The van der Waals surface area contributed by atoms with E-state index in [9.17, 15) is 0 Å². The number of nitrogens with two attached hydrogens (primary N) is 1. The summed E-state index contributed by atoms with van der Waals surface area (Å²) in [5.74, 6) is 1.61. The Morgan fingerprint density at radius 3 is 2.97 bits per heavy atom. The average Bonchev–Trinajstić information content (AvgIpc) is 2.93. The number of likely N-dealkylation sites (tertiary alicyclic amines) is 1. The van der Waals surface area contributed by atoms with E-state index in [1.807, 2.05) is 30.3 Å². The fourth-order valence-corrected chi connectivity index (χ4v) is 4.81. The number of halogens is 1. The Morgan fingerprint density at radius 1 is 1.34 bits per heavy atom. The van der Waals surface area contributed by atoms with Gasteiger partial charge in [-0.2, -0.15) is 0 Å². The topological polar surface area (TPSA) is 69.5 Å². The number of nitrogens with zero attached hydrogens (tertiary/aromatic N) is 3. The van der Waals surface area contributed by atoms with Gasteiger partial charge in [0.05, 0.1) is 17.9 Å². The van der Waals surface area contributed by atoms with E-state index in [0.717, 1.165) is 37.3 Å². The lowest BCUT2D eigenvalue weighted by molar-refractivity contribution is 0.108. The molecule has 4 heterocycles. The molecule has 29 heavy (non-hydrogen) atoms. The van der Waals surface area contributed by atoms with Crippen molar-refractivity contribution in [2.75, 3.05) is 25.6 Å². The van der Waals surface area contributed by atoms with Crippen LogP contribution in [-0.4, -0.2) is 47.2 Å². The second kappa shape index (κ2) is 8.42. The molecule has 0 bridgehead atoms. The van der Waals surface area contributed by atoms with Crippen molar-refractivity contribution in [2.45, 2.75) is 51.4 Å². The number of rotatable bonds is 4. The van der Waals surface area contributed by atoms with Gasteiger partial charge in [-0.05, 0) is 30.7 Å². The van der Waals surface area contributed by atoms with E-state index in [1.54, 1.807) is 6.20 Å². The van der Waals surface area contributed by atoms with Gasteiger partial charge in [0.1, 0.15) is 11.6 Å². The van der Waals surface area contributed by atoms with E-state index in [1.165, 1.54) is 0 Å². The van der Waals surface area contributed by atoms with Crippen molar-refractivity contribution in [3.05, 3.63) is 47.6 Å². The fourth-order valence-electron chi connectivity index (χ4n) is 4.81. The number of anilines is 1. The number of piperidine rings is 1. The molecule has 1 aromatic rings. The normalized spacial score (nSPS) is 29.4. The average molecular weight is 401 g/mol. The third-order valence-electron chi connectivity index (χ3n) is 6.48. The Balaban J connectivity index is 1.56. The van der Waals surface area contributed by atoms with Crippen molar-refractivity contribution >= 4 is 5.82 Å². The molecule has 4 N–H and O–H groups in total. The lowest BCUT2D eigenvalue weighted by Crippen LogP contribution is -2.53. The van der Waals surface area contributed by atoms with Gasteiger partial charge >= 0.3 is 0 Å². The molecule has 6 nitrogen and oxygen atoms in total. The van der Waals surface area contributed by atoms with Crippen molar-refractivity contribution < 1.29 is 4.39 Å². The van der Waals surface area contributed by atoms with E-state index in [4.69, 9.17) is 5.73 Å². The minimum Gasteiger partial charge on any atom is -0.366 e. The maximum absolute atomic E-state index is 15.1. The molecule has 4 atom stereocenters. The van der Waals surface area contributed by atoms with Crippen LogP contribution in [0.2, 0.25) is 0 Å². The highest BCUT2D eigenvalue weighted by atomic mass is 19.1. The molecule has 4 rings (SSSR count). The molecule has 0 radical (unpaired) electrons.